The number of rotatable bonds is 3. The highest BCUT2D eigenvalue weighted by Crippen LogP contribution is 2.15. The maximum absolute atomic E-state index is 12.8. The van der Waals surface area contributed by atoms with Gasteiger partial charge in [-0.05, 0) is 30.2 Å². The zero-order valence-corrected chi connectivity index (χ0v) is 7.83. The topological polar surface area (TPSA) is 37.3 Å². The first-order valence-electron chi connectivity index (χ1n) is 4.24. The Bertz CT molecular complexity index is 369. The first-order chi connectivity index (χ1) is 6.59. The van der Waals surface area contributed by atoms with Crippen LogP contribution in [0.25, 0.3) is 5.57 Å². The van der Waals surface area contributed by atoms with Gasteiger partial charge < -0.3 is 5.11 Å². The van der Waals surface area contributed by atoms with Gasteiger partial charge in [0.25, 0.3) is 0 Å². The summed E-state index contributed by atoms with van der Waals surface area (Å²) in [5, 5.41) is 8.45. The van der Waals surface area contributed by atoms with E-state index in [1.165, 1.54) is 12.1 Å². The summed E-state index contributed by atoms with van der Waals surface area (Å²) in [4.78, 5) is 10.3. The summed E-state index contributed by atoms with van der Waals surface area (Å²) < 4.78 is 12.8. The van der Waals surface area contributed by atoms with Gasteiger partial charge in [0, 0.05) is 0 Å². The largest absolute Gasteiger partial charge is 0.481 e. The van der Waals surface area contributed by atoms with Crippen molar-refractivity contribution in [3.8, 4) is 0 Å². The van der Waals surface area contributed by atoms with Crippen LogP contribution in [0.15, 0.2) is 30.3 Å². The first-order valence-corrected chi connectivity index (χ1v) is 4.24. The molecule has 0 atom stereocenters. The predicted octanol–water partition coefficient (Wildman–Crippen LogP) is 2.70. The van der Waals surface area contributed by atoms with E-state index < -0.39 is 5.97 Å². The summed E-state index contributed by atoms with van der Waals surface area (Å²) in [6.07, 6.45) is 1.53. The van der Waals surface area contributed by atoms with Crippen LogP contribution in [0.2, 0.25) is 0 Å². The van der Waals surface area contributed by atoms with E-state index in [0.29, 0.717) is 5.56 Å². The number of hydrogen-bond donors (Lipinski definition) is 1. The fourth-order valence-electron chi connectivity index (χ4n) is 1.09. The minimum absolute atomic E-state index is 0.0393. The number of hydrogen-bond acceptors (Lipinski definition) is 1. The van der Waals surface area contributed by atoms with Crippen molar-refractivity contribution in [2.24, 2.45) is 0 Å². The fourth-order valence-corrected chi connectivity index (χ4v) is 1.09. The Labute approximate surface area is 81.7 Å². The van der Waals surface area contributed by atoms with Gasteiger partial charge in [0.05, 0.1) is 6.42 Å². The number of benzene rings is 1. The smallest absolute Gasteiger partial charge is 0.307 e. The second kappa shape index (κ2) is 4.56. The van der Waals surface area contributed by atoms with E-state index in [9.17, 15) is 9.18 Å². The molecular formula is C11H11FO2. The molecule has 74 valence electrons. The SMILES string of the molecule is CC(=CCC(=O)O)c1cccc(F)c1. The van der Waals surface area contributed by atoms with E-state index in [2.05, 4.69) is 0 Å². The Hall–Kier alpha value is -1.64. The van der Waals surface area contributed by atoms with E-state index in [1.54, 1.807) is 25.1 Å². The van der Waals surface area contributed by atoms with Gasteiger partial charge in [-0.3, -0.25) is 4.79 Å². The third-order valence-electron chi connectivity index (χ3n) is 1.86. The molecule has 3 heteroatoms. The highest BCUT2D eigenvalue weighted by molar-refractivity contribution is 5.73. The Kier molecular flexibility index (Phi) is 3.40. The van der Waals surface area contributed by atoms with E-state index in [1.807, 2.05) is 0 Å². The molecule has 1 rings (SSSR count). The van der Waals surface area contributed by atoms with Gasteiger partial charge in [0.1, 0.15) is 5.82 Å². The van der Waals surface area contributed by atoms with Gasteiger partial charge in [-0.1, -0.05) is 18.2 Å². The lowest BCUT2D eigenvalue weighted by molar-refractivity contribution is -0.135. The summed E-state index contributed by atoms with van der Waals surface area (Å²) in [6.45, 7) is 1.76. The molecule has 1 aromatic rings. The normalized spacial score (nSPS) is 11.4. The maximum Gasteiger partial charge on any atom is 0.307 e. The standard InChI is InChI=1S/C11H11FO2/c1-8(5-6-11(13)14)9-3-2-4-10(12)7-9/h2-5,7H,6H2,1H3,(H,13,14). The molecule has 1 aromatic carbocycles. The Morgan fingerprint density at radius 1 is 1.57 bits per heavy atom. The van der Waals surface area contributed by atoms with Crippen LogP contribution in [0.3, 0.4) is 0 Å². The van der Waals surface area contributed by atoms with Gasteiger partial charge in [0.15, 0.2) is 0 Å². The molecule has 14 heavy (non-hydrogen) atoms. The lowest BCUT2D eigenvalue weighted by Crippen LogP contribution is -1.91. The van der Waals surface area contributed by atoms with Crippen LogP contribution in [0.1, 0.15) is 18.9 Å². The molecule has 2 nitrogen and oxygen atoms in total. The molecule has 0 aromatic heterocycles. The number of aliphatic carboxylic acids is 1. The summed E-state index contributed by atoms with van der Waals surface area (Å²) in [5.74, 6) is -1.20. The van der Waals surface area contributed by atoms with Gasteiger partial charge >= 0.3 is 5.97 Å². The van der Waals surface area contributed by atoms with Gasteiger partial charge in [-0.25, -0.2) is 4.39 Å². The number of carboxylic acid groups (broad SMARTS) is 1. The van der Waals surface area contributed by atoms with Crippen molar-refractivity contribution in [1.29, 1.82) is 0 Å². The molecule has 0 saturated heterocycles. The monoisotopic (exact) mass is 194 g/mol. The molecular weight excluding hydrogens is 183 g/mol. The van der Waals surface area contributed by atoms with Crippen molar-refractivity contribution in [3.05, 3.63) is 41.7 Å². The average molecular weight is 194 g/mol. The summed E-state index contributed by atoms with van der Waals surface area (Å²) >= 11 is 0. The third-order valence-corrected chi connectivity index (χ3v) is 1.86. The Morgan fingerprint density at radius 3 is 2.86 bits per heavy atom. The minimum atomic E-state index is -0.888. The van der Waals surface area contributed by atoms with Crippen molar-refractivity contribution in [2.45, 2.75) is 13.3 Å². The molecule has 0 aliphatic rings. The Morgan fingerprint density at radius 2 is 2.29 bits per heavy atom. The van der Waals surface area contributed by atoms with E-state index in [0.717, 1.165) is 5.57 Å². The lowest BCUT2D eigenvalue weighted by atomic mass is 10.1. The van der Waals surface area contributed by atoms with Crippen molar-refractivity contribution >= 4 is 11.5 Å². The van der Waals surface area contributed by atoms with Crippen LogP contribution in [0, 0.1) is 5.82 Å². The molecule has 0 amide bonds. The molecule has 0 radical (unpaired) electrons. The molecule has 0 saturated carbocycles. The predicted molar refractivity (Wildman–Crippen MR) is 52.3 cm³/mol. The number of allylic oxidation sites excluding steroid dienone is 1. The van der Waals surface area contributed by atoms with Crippen molar-refractivity contribution in [2.75, 3.05) is 0 Å². The zero-order chi connectivity index (χ0) is 10.6. The summed E-state index contributed by atoms with van der Waals surface area (Å²) in [6, 6.07) is 6.08. The molecule has 1 N–H and O–H groups in total. The molecule has 0 fully saturated rings. The van der Waals surface area contributed by atoms with Crippen LogP contribution in [-0.4, -0.2) is 11.1 Å². The van der Waals surface area contributed by atoms with Crippen LogP contribution in [0.5, 0.6) is 0 Å². The summed E-state index contributed by atoms with van der Waals surface area (Å²) in [5.41, 5.74) is 1.48. The molecule has 0 bridgehead atoms. The second-order valence-corrected chi connectivity index (χ2v) is 3.00. The fraction of sp³-hybridized carbons (Fsp3) is 0.182. The number of carbonyl (C=O) groups is 1. The van der Waals surface area contributed by atoms with E-state index in [-0.39, 0.29) is 12.2 Å². The third kappa shape index (κ3) is 3.01. The van der Waals surface area contributed by atoms with E-state index >= 15 is 0 Å². The van der Waals surface area contributed by atoms with Crippen LogP contribution >= 0.6 is 0 Å². The van der Waals surface area contributed by atoms with Gasteiger partial charge in [-0.2, -0.15) is 0 Å². The van der Waals surface area contributed by atoms with Crippen LogP contribution < -0.4 is 0 Å². The quantitative estimate of drug-likeness (QED) is 0.803. The maximum atomic E-state index is 12.8. The molecule has 0 aliphatic carbocycles. The zero-order valence-electron chi connectivity index (χ0n) is 7.83. The number of halogens is 1. The molecule has 0 aliphatic heterocycles. The van der Waals surface area contributed by atoms with Crippen molar-refractivity contribution < 1.29 is 14.3 Å². The van der Waals surface area contributed by atoms with Crippen molar-refractivity contribution in [3.63, 3.8) is 0 Å². The van der Waals surface area contributed by atoms with Crippen molar-refractivity contribution in [1.82, 2.24) is 0 Å². The van der Waals surface area contributed by atoms with Gasteiger partial charge in [-0.15, -0.1) is 0 Å². The van der Waals surface area contributed by atoms with Crippen LogP contribution in [-0.2, 0) is 4.79 Å². The Balaban J connectivity index is 2.83. The molecule has 0 unspecified atom stereocenters. The first kappa shape index (κ1) is 10.4. The lowest BCUT2D eigenvalue weighted by Gasteiger charge is -2.00. The van der Waals surface area contributed by atoms with E-state index in [4.69, 9.17) is 5.11 Å². The highest BCUT2D eigenvalue weighted by Gasteiger charge is 1.98. The highest BCUT2D eigenvalue weighted by atomic mass is 19.1. The van der Waals surface area contributed by atoms with Gasteiger partial charge in [0.2, 0.25) is 0 Å². The summed E-state index contributed by atoms with van der Waals surface area (Å²) in [7, 11) is 0. The number of carboxylic acids is 1. The average Bonchev–Trinajstić information content (AvgIpc) is 2.14. The van der Waals surface area contributed by atoms with Crippen LogP contribution in [0.4, 0.5) is 4.39 Å². The second-order valence-electron chi connectivity index (χ2n) is 3.00. The molecule has 0 heterocycles. The minimum Gasteiger partial charge on any atom is -0.481 e. The molecule has 0 spiro atoms.